The molecule has 3 N–H and O–H groups in total. The highest BCUT2D eigenvalue weighted by Crippen LogP contribution is 2.35. The van der Waals surface area contributed by atoms with Crippen molar-refractivity contribution >= 4 is 15.9 Å². The second-order valence-corrected chi connectivity index (χ2v) is 6.06. The van der Waals surface area contributed by atoms with Crippen molar-refractivity contribution in [3.63, 3.8) is 0 Å². The van der Waals surface area contributed by atoms with Gasteiger partial charge in [0.15, 0.2) is 0 Å². The predicted octanol–water partition coefficient (Wildman–Crippen LogP) is 3.60. The Balaban J connectivity index is 3.31. The molecule has 1 aromatic rings. The minimum Gasteiger partial charge on any atom is -0.297 e. The van der Waals surface area contributed by atoms with Crippen molar-refractivity contribution in [2.24, 2.45) is 5.84 Å². The Morgan fingerprint density at radius 2 is 1.95 bits per heavy atom. The molecule has 3 nitrogen and oxygen atoms in total. The summed E-state index contributed by atoms with van der Waals surface area (Å²) in [5.41, 5.74) is 3.17. The third kappa shape index (κ3) is 3.39. The molecule has 0 radical (unpaired) electrons. The van der Waals surface area contributed by atoms with Crippen molar-refractivity contribution in [1.29, 1.82) is 0 Å². The molecular formula is C15H25BrFN3. The van der Waals surface area contributed by atoms with Crippen LogP contribution in [0.4, 0.5) is 4.39 Å². The van der Waals surface area contributed by atoms with E-state index in [0.717, 1.165) is 24.0 Å². The van der Waals surface area contributed by atoms with Crippen LogP contribution in [0.1, 0.15) is 45.7 Å². The summed E-state index contributed by atoms with van der Waals surface area (Å²) in [5.74, 6) is 5.54. The van der Waals surface area contributed by atoms with E-state index >= 15 is 0 Å². The first-order chi connectivity index (χ1) is 9.44. The van der Waals surface area contributed by atoms with E-state index in [0.29, 0.717) is 5.56 Å². The van der Waals surface area contributed by atoms with Crippen molar-refractivity contribution in [3.05, 3.63) is 34.1 Å². The van der Waals surface area contributed by atoms with Gasteiger partial charge in [-0.25, -0.2) is 4.39 Å². The van der Waals surface area contributed by atoms with Crippen molar-refractivity contribution in [2.75, 3.05) is 13.1 Å². The molecule has 0 aromatic heterocycles. The van der Waals surface area contributed by atoms with Gasteiger partial charge >= 0.3 is 0 Å². The van der Waals surface area contributed by atoms with E-state index in [4.69, 9.17) is 5.84 Å². The maximum Gasteiger partial charge on any atom is 0.128 e. The average Bonchev–Trinajstić information content (AvgIpc) is 2.44. The number of nitrogens with zero attached hydrogens (tertiary/aromatic N) is 1. The lowest BCUT2D eigenvalue weighted by atomic mass is 9.83. The maximum absolute atomic E-state index is 14.2. The highest BCUT2D eigenvalue weighted by atomic mass is 79.9. The summed E-state index contributed by atoms with van der Waals surface area (Å²) in [5, 5.41) is 0. The van der Waals surface area contributed by atoms with E-state index in [9.17, 15) is 4.39 Å². The molecule has 2 unspecified atom stereocenters. The molecule has 1 aromatic carbocycles. The quantitative estimate of drug-likeness (QED) is 0.585. The van der Waals surface area contributed by atoms with Crippen molar-refractivity contribution in [3.8, 4) is 0 Å². The zero-order valence-corrected chi connectivity index (χ0v) is 14.3. The molecule has 0 heterocycles. The Hall–Kier alpha value is -0.490. The fraction of sp³-hybridized carbons (Fsp3) is 0.600. The molecule has 0 saturated heterocycles. The Kier molecular flexibility index (Phi) is 6.58. The topological polar surface area (TPSA) is 41.3 Å². The Bertz CT molecular complexity index is 437. The molecule has 0 fully saturated rings. The molecule has 20 heavy (non-hydrogen) atoms. The van der Waals surface area contributed by atoms with E-state index in [1.54, 1.807) is 12.1 Å². The van der Waals surface area contributed by atoms with E-state index in [-0.39, 0.29) is 17.4 Å². The minimum absolute atomic E-state index is 0.233. The third-order valence-electron chi connectivity index (χ3n) is 4.26. The van der Waals surface area contributed by atoms with Gasteiger partial charge in [-0.05, 0) is 44.6 Å². The van der Waals surface area contributed by atoms with Crippen LogP contribution >= 0.6 is 15.9 Å². The highest BCUT2D eigenvalue weighted by Gasteiger charge is 2.38. The minimum atomic E-state index is -0.273. The summed E-state index contributed by atoms with van der Waals surface area (Å²) in [6.45, 7) is 10.3. The molecule has 0 spiro atoms. The van der Waals surface area contributed by atoms with Gasteiger partial charge < -0.3 is 0 Å². The summed E-state index contributed by atoms with van der Waals surface area (Å²) in [4.78, 5) is 2.32. The first-order valence-corrected chi connectivity index (χ1v) is 7.89. The SMILES string of the molecule is CCN(CC)C(C)(CC)C(NN)c1cc(Br)ccc1F. The van der Waals surface area contributed by atoms with Crippen LogP contribution in [-0.2, 0) is 0 Å². The smallest absolute Gasteiger partial charge is 0.128 e. The van der Waals surface area contributed by atoms with Crippen molar-refractivity contribution in [2.45, 2.75) is 45.7 Å². The van der Waals surface area contributed by atoms with E-state index in [2.05, 4.69) is 54.0 Å². The van der Waals surface area contributed by atoms with Crippen LogP contribution in [0.5, 0.6) is 0 Å². The number of hydrogen-bond donors (Lipinski definition) is 2. The van der Waals surface area contributed by atoms with Gasteiger partial charge in [-0.15, -0.1) is 0 Å². The second-order valence-electron chi connectivity index (χ2n) is 5.15. The standard InChI is InChI=1S/C15H25BrFN3/c1-5-15(4,20(6-2)7-3)14(19-18)12-10-11(16)8-9-13(12)17/h8-10,14,19H,5-7,18H2,1-4H3. The molecule has 0 aliphatic rings. The van der Waals surface area contributed by atoms with Crippen LogP contribution in [-0.4, -0.2) is 23.5 Å². The van der Waals surface area contributed by atoms with Gasteiger partial charge in [0, 0.05) is 15.6 Å². The Labute approximate surface area is 129 Å². The third-order valence-corrected chi connectivity index (χ3v) is 4.75. The summed E-state index contributed by atoms with van der Waals surface area (Å²) >= 11 is 3.40. The second kappa shape index (κ2) is 7.50. The number of halogens is 2. The van der Waals surface area contributed by atoms with Crippen LogP contribution in [0.25, 0.3) is 0 Å². The van der Waals surface area contributed by atoms with Crippen LogP contribution < -0.4 is 11.3 Å². The molecule has 2 atom stereocenters. The summed E-state index contributed by atoms with van der Waals surface area (Å²) in [7, 11) is 0. The predicted molar refractivity (Wildman–Crippen MR) is 85.8 cm³/mol. The lowest BCUT2D eigenvalue weighted by Gasteiger charge is -2.45. The zero-order chi connectivity index (χ0) is 15.3. The molecule has 1 rings (SSSR count). The number of benzene rings is 1. The molecule has 0 bridgehead atoms. The normalized spacial score (nSPS) is 16.2. The monoisotopic (exact) mass is 345 g/mol. The highest BCUT2D eigenvalue weighted by molar-refractivity contribution is 9.10. The maximum atomic E-state index is 14.2. The van der Waals surface area contributed by atoms with Crippen LogP contribution in [0.15, 0.2) is 22.7 Å². The average molecular weight is 346 g/mol. The fourth-order valence-electron chi connectivity index (χ4n) is 2.90. The van der Waals surface area contributed by atoms with Gasteiger partial charge in [0.2, 0.25) is 0 Å². The van der Waals surface area contributed by atoms with E-state index in [1.165, 1.54) is 6.07 Å². The van der Waals surface area contributed by atoms with Crippen LogP contribution in [0.2, 0.25) is 0 Å². The van der Waals surface area contributed by atoms with Crippen LogP contribution in [0, 0.1) is 5.82 Å². The van der Waals surface area contributed by atoms with E-state index < -0.39 is 0 Å². The van der Waals surface area contributed by atoms with Crippen molar-refractivity contribution < 1.29 is 4.39 Å². The molecule has 114 valence electrons. The Morgan fingerprint density at radius 3 is 2.40 bits per heavy atom. The largest absolute Gasteiger partial charge is 0.297 e. The van der Waals surface area contributed by atoms with Gasteiger partial charge in [-0.1, -0.05) is 36.7 Å². The number of hydrazine groups is 1. The number of nitrogens with one attached hydrogen (secondary N) is 1. The fourth-order valence-corrected chi connectivity index (χ4v) is 3.28. The van der Waals surface area contributed by atoms with E-state index in [1.807, 2.05) is 0 Å². The van der Waals surface area contributed by atoms with Crippen LogP contribution in [0.3, 0.4) is 0 Å². The molecule has 0 aliphatic heterocycles. The van der Waals surface area contributed by atoms with Crippen molar-refractivity contribution in [1.82, 2.24) is 10.3 Å². The lowest BCUT2D eigenvalue weighted by molar-refractivity contribution is 0.0684. The first-order valence-electron chi connectivity index (χ1n) is 7.10. The first kappa shape index (κ1) is 17.6. The lowest BCUT2D eigenvalue weighted by Crippen LogP contribution is -2.55. The zero-order valence-electron chi connectivity index (χ0n) is 12.7. The number of rotatable bonds is 7. The van der Waals surface area contributed by atoms with Gasteiger partial charge in [0.25, 0.3) is 0 Å². The van der Waals surface area contributed by atoms with Gasteiger partial charge in [0.1, 0.15) is 5.82 Å². The van der Waals surface area contributed by atoms with Gasteiger partial charge in [-0.3, -0.25) is 16.2 Å². The molecule has 0 aliphatic carbocycles. The van der Waals surface area contributed by atoms with Gasteiger partial charge in [0.05, 0.1) is 6.04 Å². The summed E-state index contributed by atoms with van der Waals surface area (Å²) < 4.78 is 15.1. The Morgan fingerprint density at radius 1 is 1.35 bits per heavy atom. The molecule has 5 heteroatoms. The van der Waals surface area contributed by atoms with Gasteiger partial charge in [-0.2, -0.15) is 0 Å². The molecular weight excluding hydrogens is 321 g/mol. The molecule has 0 saturated carbocycles. The summed E-state index contributed by atoms with van der Waals surface area (Å²) in [6, 6.07) is 4.71. The molecule has 0 amide bonds. The number of hydrogen-bond acceptors (Lipinski definition) is 3. The summed E-state index contributed by atoms with van der Waals surface area (Å²) in [6.07, 6.45) is 0.871. The number of nitrogens with two attached hydrogens (primary N) is 1. The number of likely N-dealkylation sites (N-methyl/N-ethyl adjacent to an activating group) is 1.